The van der Waals surface area contributed by atoms with Crippen molar-refractivity contribution < 1.29 is 0 Å². The maximum Gasteiger partial charge on any atom is 0.0409 e. The van der Waals surface area contributed by atoms with Crippen LogP contribution in [0.1, 0.15) is 25.8 Å². The molecule has 2 N–H and O–H groups in total. The third-order valence-electron chi connectivity index (χ3n) is 2.94. The van der Waals surface area contributed by atoms with Gasteiger partial charge in [0.25, 0.3) is 0 Å². The van der Waals surface area contributed by atoms with E-state index < -0.39 is 0 Å². The van der Waals surface area contributed by atoms with Crippen molar-refractivity contribution in [3.05, 3.63) is 48.6 Å². The summed E-state index contributed by atoms with van der Waals surface area (Å²) in [6, 6.07) is 10.2. The molecular weight excluding hydrogens is 170 g/mol. The van der Waals surface area contributed by atoms with Gasteiger partial charge >= 0.3 is 0 Å². The molecule has 14 heavy (non-hydrogen) atoms. The van der Waals surface area contributed by atoms with Gasteiger partial charge in [-0.05, 0) is 24.8 Å². The molecule has 1 heteroatoms. The molecular formula is C13H19N. The Morgan fingerprint density at radius 2 is 2.00 bits per heavy atom. The highest BCUT2D eigenvalue weighted by atomic mass is 14.7. The van der Waals surface area contributed by atoms with Crippen molar-refractivity contribution in [2.75, 3.05) is 0 Å². The fourth-order valence-electron chi connectivity index (χ4n) is 1.58. The summed E-state index contributed by atoms with van der Waals surface area (Å²) in [5, 5.41) is 0. The van der Waals surface area contributed by atoms with Crippen molar-refractivity contribution in [2.24, 2.45) is 11.7 Å². The Labute approximate surface area is 86.6 Å². The van der Waals surface area contributed by atoms with Gasteiger partial charge < -0.3 is 5.73 Å². The van der Waals surface area contributed by atoms with Crippen LogP contribution in [0.3, 0.4) is 0 Å². The summed E-state index contributed by atoms with van der Waals surface area (Å²) in [7, 11) is 0. The van der Waals surface area contributed by atoms with Gasteiger partial charge in [-0.15, -0.1) is 6.58 Å². The second kappa shape index (κ2) is 4.43. The van der Waals surface area contributed by atoms with E-state index in [0.717, 1.165) is 6.42 Å². The van der Waals surface area contributed by atoms with E-state index in [1.54, 1.807) is 0 Å². The highest BCUT2D eigenvalue weighted by Crippen LogP contribution is 2.28. The molecule has 0 bridgehead atoms. The molecule has 2 atom stereocenters. The van der Waals surface area contributed by atoms with Gasteiger partial charge in [0.1, 0.15) is 0 Å². The lowest BCUT2D eigenvalue weighted by Gasteiger charge is -2.31. The molecule has 0 fully saturated rings. The summed E-state index contributed by atoms with van der Waals surface area (Å²) in [5.41, 5.74) is 7.24. The van der Waals surface area contributed by atoms with Gasteiger partial charge in [-0.1, -0.05) is 43.3 Å². The van der Waals surface area contributed by atoms with E-state index in [1.807, 2.05) is 24.3 Å². The van der Waals surface area contributed by atoms with Gasteiger partial charge in [0, 0.05) is 5.54 Å². The molecule has 0 aliphatic heterocycles. The third-order valence-corrected chi connectivity index (χ3v) is 2.94. The lowest BCUT2D eigenvalue weighted by molar-refractivity contribution is 0.327. The SMILES string of the molecule is C=CCC(C)C(C)(N)c1ccccc1. The van der Waals surface area contributed by atoms with Crippen molar-refractivity contribution in [2.45, 2.75) is 25.8 Å². The van der Waals surface area contributed by atoms with Crippen molar-refractivity contribution in [3.63, 3.8) is 0 Å². The van der Waals surface area contributed by atoms with E-state index in [1.165, 1.54) is 5.56 Å². The summed E-state index contributed by atoms with van der Waals surface area (Å²) >= 11 is 0. The van der Waals surface area contributed by atoms with E-state index in [4.69, 9.17) is 5.73 Å². The number of rotatable bonds is 4. The Kier molecular flexibility index (Phi) is 3.48. The molecule has 0 aromatic heterocycles. The van der Waals surface area contributed by atoms with Crippen LogP contribution in [-0.2, 0) is 5.54 Å². The summed E-state index contributed by atoms with van der Waals surface area (Å²) in [6.07, 6.45) is 2.88. The number of nitrogens with two attached hydrogens (primary N) is 1. The van der Waals surface area contributed by atoms with Crippen molar-refractivity contribution in [1.29, 1.82) is 0 Å². The van der Waals surface area contributed by atoms with Crippen LogP contribution in [0.5, 0.6) is 0 Å². The fourth-order valence-corrected chi connectivity index (χ4v) is 1.58. The number of hydrogen-bond donors (Lipinski definition) is 1. The van der Waals surface area contributed by atoms with Gasteiger partial charge in [-0.3, -0.25) is 0 Å². The first-order valence-electron chi connectivity index (χ1n) is 5.04. The molecule has 0 amide bonds. The second-order valence-corrected chi connectivity index (χ2v) is 4.07. The van der Waals surface area contributed by atoms with Crippen LogP contribution in [-0.4, -0.2) is 0 Å². The molecule has 0 radical (unpaired) electrons. The average molecular weight is 189 g/mol. The summed E-state index contributed by atoms with van der Waals surface area (Å²) in [5.74, 6) is 0.405. The molecule has 0 spiro atoms. The molecule has 0 aliphatic rings. The molecule has 1 aromatic rings. The Morgan fingerprint density at radius 3 is 2.50 bits per heavy atom. The highest BCUT2D eigenvalue weighted by Gasteiger charge is 2.26. The largest absolute Gasteiger partial charge is 0.321 e. The van der Waals surface area contributed by atoms with E-state index in [9.17, 15) is 0 Å². The molecule has 0 heterocycles. The Bertz CT molecular complexity index is 287. The van der Waals surface area contributed by atoms with Crippen LogP contribution in [0, 0.1) is 5.92 Å². The topological polar surface area (TPSA) is 26.0 Å². The monoisotopic (exact) mass is 189 g/mol. The molecule has 2 unspecified atom stereocenters. The van der Waals surface area contributed by atoms with Crippen LogP contribution in [0.15, 0.2) is 43.0 Å². The van der Waals surface area contributed by atoms with Crippen molar-refractivity contribution in [3.8, 4) is 0 Å². The Hall–Kier alpha value is -1.08. The standard InChI is InChI=1S/C13H19N/c1-4-8-11(2)13(3,14)12-9-6-5-7-10-12/h4-7,9-11H,1,8,14H2,2-3H3. The van der Waals surface area contributed by atoms with E-state index in [2.05, 4.69) is 32.6 Å². The number of hydrogen-bond acceptors (Lipinski definition) is 1. The first-order chi connectivity index (χ1) is 6.59. The maximum absolute atomic E-state index is 6.32. The molecule has 1 aromatic carbocycles. The zero-order valence-corrected chi connectivity index (χ0v) is 9.03. The molecule has 0 aliphatic carbocycles. The van der Waals surface area contributed by atoms with Gasteiger partial charge in [0.2, 0.25) is 0 Å². The van der Waals surface area contributed by atoms with Crippen LogP contribution in [0.25, 0.3) is 0 Å². The van der Waals surface area contributed by atoms with Gasteiger partial charge in [-0.25, -0.2) is 0 Å². The number of allylic oxidation sites excluding steroid dienone is 1. The van der Waals surface area contributed by atoms with Crippen molar-refractivity contribution in [1.82, 2.24) is 0 Å². The zero-order valence-electron chi connectivity index (χ0n) is 9.03. The smallest absolute Gasteiger partial charge is 0.0409 e. The minimum absolute atomic E-state index is 0.268. The zero-order chi connectivity index (χ0) is 10.6. The minimum atomic E-state index is -0.268. The normalized spacial score (nSPS) is 17.1. The van der Waals surface area contributed by atoms with Crippen LogP contribution < -0.4 is 5.73 Å². The van der Waals surface area contributed by atoms with Gasteiger partial charge in [0.05, 0.1) is 0 Å². The van der Waals surface area contributed by atoms with E-state index >= 15 is 0 Å². The number of benzene rings is 1. The highest BCUT2D eigenvalue weighted by molar-refractivity contribution is 5.23. The van der Waals surface area contributed by atoms with Crippen LogP contribution in [0.4, 0.5) is 0 Å². The lowest BCUT2D eigenvalue weighted by atomic mass is 9.80. The first-order valence-corrected chi connectivity index (χ1v) is 5.04. The molecule has 0 saturated carbocycles. The fraction of sp³-hybridized carbons (Fsp3) is 0.385. The van der Waals surface area contributed by atoms with Gasteiger partial charge in [-0.2, -0.15) is 0 Å². The summed E-state index contributed by atoms with van der Waals surface area (Å²) < 4.78 is 0. The molecule has 1 rings (SSSR count). The van der Waals surface area contributed by atoms with E-state index in [0.29, 0.717) is 5.92 Å². The maximum atomic E-state index is 6.32. The predicted molar refractivity (Wildman–Crippen MR) is 62.0 cm³/mol. The molecule has 76 valence electrons. The van der Waals surface area contributed by atoms with Crippen molar-refractivity contribution >= 4 is 0 Å². The van der Waals surface area contributed by atoms with E-state index in [-0.39, 0.29) is 5.54 Å². The third kappa shape index (κ3) is 2.24. The quantitative estimate of drug-likeness (QED) is 0.724. The van der Waals surface area contributed by atoms with Crippen LogP contribution >= 0.6 is 0 Å². The summed E-state index contributed by atoms with van der Waals surface area (Å²) in [4.78, 5) is 0. The van der Waals surface area contributed by atoms with Gasteiger partial charge in [0.15, 0.2) is 0 Å². The molecule has 0 saturated heterocycles. The summed E-state index contributed by atoms with van der Waals surface area (Å²) in [6.45, 7) is 7.99. The minimum Gasteiger partial charge on any atom is -0.321 e. The second-order valence-electron chi connectivity index (χ2n) is 4.07. The Morgan fingerprint density at radius 1 is 1.43 bits per heavy atom. The predicted octanol–water partition coefficient (Wildman–Crippen LogP) is 3.07. The Balaban J connectivity index is 2.89. The average Bonchev–Trinajstić information content (AvgIpc) is 2.19. The first kappa shape index (κ1) is 11.0. The lowest BCUT2D eigenvalue weighted by Crippen LogP contribution is -2.39. The molecule has 1 nitrogen and oxygen atoms in total. The van der Waals surface area contributed by atoms with Crippen LogP contribution in [0.2, 0.25) is 0 Å².